The van der Waals surface area contributed by atoms with Crippen LogP contribution in [0.15, 0.2) is 48.5 Å². The van der Waals surface area contributed by atoms with Crippen LogP contribution in [0.3, 0.4) is 0 Å². The van der Waals surface area contributed by atoms with E-state index in [1.54, 1.807) is 7.11 Å². The maximum Gasteiger partial charge on any atom is 0.317 e. The molecule has 0 spiro atoms. The number of halogens is 1. The second-order valence-corrected chi connectivity index (χ2v) is 6.83. The second kappa shape index (κ2) is 8.92. The number of hydrogen-bond donors (Lipinski definition) is 1. The molecule has 0 atom stereocenters. The fourth-order valence-electron chi connectivity index (χ4n) is 2.99. The van der Waals surface area contributed by atoms with E-state index in [-0.39, 0.29) is 6.03 Å². The quantitative estimate of drug-likeness (QED) is 0.873. The number of nitrogens with one attached hydrogen (secondary N) is 1. The second-order valence-electron chi connectivity index (χ2n) is 6.40. The molecule has 1 fully saturated rings. The van der Waals surface area contributed by atoms with Gasteiger partial charge in [0.2, 0.25) is 0 Å². The zero-order valence-corrected chi connectivity index (χ0v) is 15.7. The Morgan fingerprint density at radius 2 is 1.62 bits per heavy atom. The third kappa shape index (κ3) is 5.13. The number of amides is 2. The largest absolute Gasteiger partial charge is 0.497 e. The average molecular weight is 374 g/mol. The SMILES string of the molecule is COc1ccc(CNC(=O)N2CCN(Cc3ccc(Cl)cc3)CC2)cc1. The lowest BCUT2D eigenvalue weighted by atomic mass is 10.2. The van der Waals surface area contributed by atoms with E-state index in [0.717, 1.165) is 49.1 Å². The van der Waals surface area contributed by atoms with Gasteiger partial charge < -0.3 is 15.0 Å². The molecule has 0 aromatic heterocycles. The standard InChI is InChI=1S/C20H24ClN3O2/c1-26-19-8-4-16(5-9-19)14-22-20(25)24-12-10-23(11-13-24)15-17-2-6-18(21)7-3-17/h2-9H,10-15H2,1H3,(H,22,25). The lowest BCUT2D eigenvalue weighted by Gasteiger charge is -2.34. The summed E-state index contributed by atoms with van der Waals surface area (Å²) >= 11 is 5.93. The molecule has 5 nitrogen and oxygen atoms in total. The van der Waals surface area contributed by atoms with Crippen molar-refractivity contribution < 1.29 is 9.53 Å². The Balaban J connectivity index is 1.42. The molecule has 2 aromatic carbocycles. The number of ether oxygens (including phenoxy) is 1. The lowest BCUT2D eigenvalue weighted by molar-refractivity contribution is 0.135. The van der Waals surface area contributed by atoms with Crippen LogP contribution in [-0.2, 0) is 13.1 Å². The number of rotatable bonds is 5. The van der Waals surface area contributed by atoms with Gasteiger partial charge in [0, 0.05) is 44.3 Å². The first kappa shape index (κ1) is 18.5. The summed E-state index contributed by atoms with van der Waals surface area (Å²) in [4.78, 5) is 16.6. The average Bonchev–Trinajstić information content (AvgIpc) is 2.69. The van der Waals surface area contributed by atoms with Crippen LogP contribution in [0, 0.1) is 0 Å². The fourth-order valence-corrected chi connectivity index (χ4v) is 3.12. The van der Waals surface area contributed by atoms with Crippen molar-refractivity contribution in [2.45, 2.75) is 13.1 Å². The van der Waals surface area contributed by atoms with E-state index in [1.165, 1.54) is 5.56 Å². The van der Waals surface area contributed by atoms with Gasteiger partial charge in [0.25, 0.3) is 0 Å². The number of carbonyl (C=O) groups excluding carboxylic acids is 1. The molecule has 1 saturated heterocycles. The predicted octanol–water partition coefficient (Wildman–Crippen LogP) is 3.38. The number of benzene rings is 2. The van der Waals surface area contributed by atoms with E-state index in [4.69, 9.17) is 16.3 Å². The highest BCUT2D eigenvalue weighted by Crippen LogP contribution is 2.13. The van der Waals surface area contributed by atoms with Crippen molar-refractivity contribution in [1.82, 2.24) is 15.1 Å². The van der Waals surface area contributed by atoms with E-state index in [0.29, 0.717) is 6.54 Å². The third-order valence-electron chi connectivity index (χ3n) is 4.58. The highest BCUT2D eigenvalue weighted by atomic mass is 35.5. The highest BCUT2D eigenvalue weighted by molar-refractivity contribution is 6.30. The summed E-state index contributed by atoms with van der Waals surface area (Å²) in [7, 11) is 1.64. The van der Waals surface area contributed by atoms with Gasteiger partial charge in [-0.3, -0.25) is 4.90 Å². The molecule has 2 aromatic rings. The van der Waals surface area contributed by atoms with Crippen molar-refractivity contribution in [2.24, 2.45) is 0 Å². The van der Waals surface area contributed by atoms with Crippen molar-refractivity contribution in [2.75, 3.05) is 33.3 Å². The van der Waals surface area contributed by atoms with E-state index in [9.17, 15) is 4.79 Å². The summed E-state index contributed by atoms with van der Waals surface area (Å²) in [5.74, 6) is 0.817. The molecular weight excluding hydrogens is 350 g/mol. The molecule has 0 bridgehead atoms. The van der Waals surface area contributed by atoms with E-state index < -0.39 is 0 Å². The number of piperazine rings is 1. The Labute approximate surface area is 159 Å². The molecule has 0 unspecified atom stereocenters. The fraction of sp³-hybridized carbons (Fsp3) is 0.350. The Morgan fingerprint density at radius 1 is 1.00 bits per heavy atom. The van der Waals surface area contributed by atoms with Crippen LogP contribution in [0.25, 0.3) is 0 Å². The number of nitrogens with zero attached hydrogens (tertiary/aromatic N) is 2. The van der Waals surface area contributed by atoms with E-state index in [1.807, 2.05) is 41.3 Å². The summed E-state index contributed by atoms with van der Waals surface area (Å²) in [5.41, 5.74) is 2.30. The topological polar surface area (TPSA) is 44.8 Å². The highest BCUT2D eigenvalue weighted by Gasteiger charge is 2.20. The molecule has 1 N–H and O–H groups in total. The zero-order chi connectivity index (χ0) is 18.4. The molecule has 1 aliphatic rings. The van der Waals surface area contributed by atoms with Gasteiger partial charge in [0.15, 0.2) is 0 Å². The van der Waals surface area contributed by atoms with Gasteiger partial charge in [0.1, 0.15) is 5.75 Å². The van der Waals surface area contributed by atoms with Crippen molar-refractivity contribution in [1.29, 1.82) is 0 Å². The Morgan fingerprint density at radius 3 is 2.23 bits per heavy atom. The van der Waals surface area contributed by atoms with Crippen molar-refractivity contribution >= 4 is 17.6 Å². The van der Waals surface area contributed by atoms with E-state index in [2.05, 4.69) is 22.3 Å². The normalized spacial score (nSPS) is 14.9. The molecule has 6 heteroatoms. The Hall–Kier alpha value is -2.24. The summed E-state index contributed by atoms with van der Waals surface area (Å²) in [6.45, 7) is 4.63. The molecule has 1 heterocycles. The number of methoxy groups -OCH3 is 1. The molecule has 0 saturated carbocycles. The molecule has 0 aliphatic carbocycles. The van der Waals surface area contributed by atoms with Crippen molar-refractivity contribution in [3.63, 3.8) is 0 Å². The smallest absolute Gasteiger partial charge is 0.317 e. The van der Waals surface area contributed by atoms with Gasteiger partial charge in [-0.1, -0.05) is 35.9 Å². The van der Waals surface area contributed by atoms with Crippen molar-refractivity contribution in [3.8, 4) is 5.75 Å². The van der Waals surface area contributed by atoms with Gasteiger partial charge in [0.05, 0.1) is 7.11 Å². The van der Waals surface area contributed by atoms with E-state index >= 15 is 0 Å². The van der Waals surface area contributed by atoms with Gasteiger partial charge in [-0.15, -0.1) is 0 Å². The Bertz CT molecular complexity index is 711. The van der Waals surface area contributed by atoms with Crippen LogP contribution in [0.1, 0.15) is 11.1 Å². The summed E-state index contributed by atoms with van der Waals surface area (Å²) in [6.07, 6.45) is 0. The van der Waals surface area contributed by atoms with Crippen LogP contribution < -0.4 is 10.1 Å². The van der Waals surface area contributed by atoms with Crippen LogP contribution in [0.4, 0.5) is 4.79 Å². The Kier molecular flexibility index (Phi) is 6.36. The molecule has 138 valence electrons. The first-order chi connectivity index (χ1) is 12.6. The molecule has 2 amide bonds. The van der Waals surface area contributed by atoms with Gasteiger partial charge >= 0.3 is 6.03 Å². The lowest BCUT2D eigenvalue weighted by Crippen LogP contribution is -2.51. The monoisotopic (exact) mass is 373 g/mol. The minimum absolute atomic E-state index is 0.00744. The van der Waals surface area contributed by atoms with Crippen molar-refractivity contribution in [3.05, 3.63) is 64.7 Å². The summed E-state index contributed by atoms with van der Waals surface area (Å²) in [6, 6.07) is 15.7. The van der Waals surface area contributed by atoms with Crippen LogP contribution in [0.5, 0.6) is 5.75 Å². The van der Waals surface area contributed by atoms with Gasteiger partial charge in [-0.2, -0.15) is 0 Å². The minimum atomic E-state index is -0.00744. The number of carbonyl (C=O) groups is 1. The molecular formula is C20H24ClN3O2. The van der Waals surface area contributed by atoms with Crippen LogP contribution in [0.2, 0.25) is 5.02 Å². The molecule has 1 aliphatic heterocycles. The van der Waals surface area contributed by atoms with Crippen LogP contribution >= 0.6 is 11.6 Å². The first-order valence-corrected chi connectivity index (χ1v) is 9.14. The molecule has 3 rings (SSSR count). The third-order valence-corrected chi connectivity index (χ3v) is 4.83. The van der Waals surface area contributed by atoms with Crippen LogP contribution in [-0.4, -0.2) is 49.1 Å². The summed E-state index contributed by atoms with van der Waals surface area (Å²) < 4.78 is 5.14. The predicted molar refractivity (Wildman–Crippen MR) is 104 cm³/mol. The maximum absolute atomic E-state index is 12.4. The zero-order valence-electron chi connectivity index (χ0n) is 15.0. The number of hydrogen-bond acceptors (Lipinski definition) is 3. The maximum atomic E-state index is 12.4. The first-order valence-electron chi connectivity index (χ1n) is 8.76. The summed E-state index contributed by atoms with van der Waals surface area (Å²) in [5, 5.41) is 3.75. The molecule has 26 heavy (non-hydrogen) atoms. The number of urea groups is 1. The van der Waals surface area contributed by atoms with Gasteiger partial charge in [-0.05, 0) is 35.4 Å². The minimum Gasteiger partial charge on any atom is -0.497 e. The molecule has 0 radical (unpaired) electrons. The van der Waals surface area contributed by atoms with Gasteiger partial charge in [-0.25, -0.2) is 4.79 Å².